The molecule has 27 heavy (non-hydrogen) atoms. The summed E-state index contributed by atoms with van der Waals surface area (Å²) >= 11 is 6.08. The molecule has 0 aromatic heterocycles. The van der Waals surface area contributed by atoms with Crippen molar-refractivity contribution in [2.24, 2.45) is 0 Å². The molecule has 8 heteroatoms. The number of morpholine rings is 1. The molecule has 0 aliphatic carbocycles. The van der Waals surface area contributed by atoms with Crippen molar-refractivity contribution in [1.29, 1.82) is 0 Å². The maximum Gasteiger partial charge on any atom is 0.319 e. The summed E-state index contributed by atoms with van der Waals surface area (Å²) in [6.45, 7) is 4.34. The quantitative estimate of drug-likeness (QED) is 0.809. The summed E-state index contributed by atoms with van der Waals surface area (Å²) in [5.41, 5.74) is 1.88. The van der Waals surface area contributed by atoms with Gasteiger partial charge in [-0.1, -0.05) is 17.7 Å². The lowest BCUT2D eigenvalue weighted by Crippen LogP contribution is -2.37. The average Bonchev–Trinajstić information content (AvgIpc) is 2.64. The SMILES string of the molecule is CC(NC(=O)Nc1cc(Cl)ccc1N1CCOCC1)c1ccc(F)c(F)c1. The lowest BCUT2D eigenvalue weighted by molar-refractivity contribution is 0.123. The van der Waals surface area contributed by atoms with Gasteiger partial charge in [0.2, 0.25) is 0 Å². The van der Waals surface area contributed by atoms with Gasteiger partial charge in [-0.05, 0) is 42.8 Å². The molecule has 3 rings (SSSR count). The number of halogens is 3. The highest BCUT2D eigenvalue weighted by atomic mass is 35.5. The van der Waals surface area contributed by atoms with E-state index in [1.807, 2.05) is 6.07 Å². The molecular formula is C19H20ClF2N3O2. The van der Waals surface area contributed by atoms with E-state index < -0.39 is 23.7 Å². The zero-order valence-corrected chi connectivity index (χ0v) is 15.5. The van der Waals surface area contributed by atoms with Crippen LogP contribution in [0.3, 0.4) is 0 Å². The van der Waals surface area contributed by atoms with Crippen LogP contribution in [0.4, 0.5) is 25.0 Å². The van der Waals surface area contributed by atoms with Gasteiger partial charge in [0.15, 0.2) is 11.6 Å². The van der Waals surface area contributed by atoms with Crippen LogP contribution in [-0.2, 0) is 4.74 Å². The molecule has 1 fully saturated rings. The van der Waals surface area contributed by atoms with E-state index >= 15 is 0 Å². The smallest absolute Gasteiger partial charge is 0.319 e. The minimum Gasteiger partial charge on any atom is -0.378 e. The van der Waals surface area contributed by atoms with E-state index in [9.17, 15) is 13.6 Å². The minimum absolute atomic E-state index is 0.462. The van der Waals surface area contributed by atoms with Crippen molar-refractivity contribution in [1.82, 2.24) is 5.32 Å². The fourth-order valence-electron chi connectivity index (χ4n) is 2.91. The van der Waals surface area contributed by atoms with Gasteiger partial charge in [-0.15, -0.1) is 0 Å². The number of nitrogens with zero attached hydrogens (tertiary/aromatic N) is 1. The summed E-state index contributed by atoms with van der Waals surface area (Å²) in [6.07, 6.45) is 0. The number of urea groups is 1. The van der Waals surface area contributed by atoms with Crippen LogP contribution in [0.5, 0.6) is 0 Å². The first-order valence-electron chi connectivity index (χ1n) is 8.59. The lowest BCUT2D eigenvalue weighted by atomic mass is 10.1. The number of ether oxygens (including phenoxy) is 1. The van der Waals surface area contributed by atoms with Crippen LogP contribution in [0.15, 0.2) is 36.4 Å². The van der Waals surface area contributed by atoms with Gasteiger partial charge in [0.05, 0.1) is 30.6 Å². The van der Waals surface area contributed by atoms with Crippen LogP contribution < -0.4 is 15.5 Å². The molecule has 2 N–H and O–H groups in total. The highest BCUT2D eigenvalue weighted by Gasteiger charge is 2.18. The number of nitrogens with one attached hydrogen (secondary N) is 2. The molecule has 0 bridgehead atoms. The van der Waals surface area contributed by atoms with E-state index in [1.165, 1.54) is 6.07 Å². The molecule has 2 amide bonds. The van der Waals surface area contributed by atoms with Crippen LogP contribution in [0.2, 0.25) is 5.02 Å². The highest BCUT2D eigenvalue weighted by Crippen LogP contribution is 2.30. The molecule has 1 heterocycles. The summed E-state index contributed by atoms with van der Waals surface area (Å²) in [6, 6.07) is 7.85. The van der Waals surface area contributed by atoms with E-state index in [2.05, 4.69) is 15.5 Å². The Morgan fingerprint density at radius 2 is 1.89 bits per heavy atom. The van der Waals surface area contributed by atoms with Crippen molar-refractivity contribution in [2.75, 3.05) is 36.5 Å². The normalized spacial score (nSPS) is 15.3. The lowest BCUT2D eigenvalue weighted by Gasteiger charge is -2.30. The van der Waals surface area contributed by atoms with Gasteiger partial charge in [-0.3, -0.25) is 0 Å². The van der Waals surface area contributed by atoms with Gasteiger partial charge in [-0.2, -0.15) is 0 Å². The maximum atomic E-state index is 13.4. The van der Waals surface area contributed by atoms with Gasteiger partial charge in [-0.25, -0.2) is 13.6 Å². The van der Waals surface area contributed by atoms with E-state index in [1.54, 1.807) is 19.1 Å². The predicted octanol–water partition coefficient (Wildman–Crippen LogP) is 4.34. The van der Waals surface area contributed by atoms with Crippen LogP contribution in [-0.4, -0.2) is 32.3 Å². The second-order valence-corrected chi connectivity index (χ2v) is 6.69. The second kappa shape index (κ2) is 8.54. The van der Waals surface area contributed by atoms with Crippen molar-refractivity contribution in [2.45, 2.75) is 13.0 Å². The predicted molar refractivity (Wildman–Crippen MR) is 101 cm³/mol. The Bertz CT molecular complexity index is 829. The van der Waals surface area contributed by atoms with Crippen molar-refractivity contribution < 1.29 is 18.3 Å². The number of amides is 2. The molecule has 1 atom stereocenters. The Morgan fingerprint density at radius 1 is 1.15 bits per heavy atom. The molecular weight excluding hydrogens is 376 g/mol. The van der Waals surface area contributed by atoms with Gasteiger partial charge < -0.3 is 20.3 Å². The highest BCUT2D eigenvalue weighted by molar-refractivity contribution is 6.31. The molecule has 5 nitrogen and oxygen atoms in total. The maximum absolute atomic E-state index is 13.4. The van der Waals surface area contributed by atoms with Crippen molar-refractivity contribution in [3.63, 3.8) is 0 Å². The van der Waals surface area contributed by atoms with Crippen LogP contribution >= 0.6 is 11.6 Å². The monoisotopic (exact) mass is 395 g/mol. The number of carbonyl (C=O) groups is 1. The molecule has 1 unspecified atom stereocenters. The zero-order valence-electron chi connectivity index (χ0n) is 14.8. The fourth-order valence-corrected chi connectivity index (χ4v) is 3.08. The third-order valence-corrected chi connectivity index (χ3v) is 4.58. The van der Waals surface area contributed by atoms with Crippen molar-refractivity contribution in [3.8, 4) is 0 Å². The Balaban J connectivity index is 1.71. The fraction of sp³-hybridized carbons (Fsp3) is 0.316. The van der Waals surface area contributed by atoms with Gasteiger partial charge in [0.1, 0.15) is 0 Å². The molecule has 2 aromatic carbocycles. The number of rotatable bonds is 4. The first-order chi connectivity index (χ1) is 12.9. The molecule has 1 saturated heterocycles. The average molecular weight is 396 g/mol. The molecule has 1 aliphatic rings. The summed E-state index contributed by atoms with van der Waals surface area (Å²) in [4.78, 5) is 14.5. The third kappa shape index (κ3) is 4.87. The summed E-state index contributed by atoms with van der Waals surface area (Å²) in [5.74, 6) is -1.88. The Kier molecular flexibility index (Phi) is 6.13. The van der Waals surface area contributed by atoms with E-state index in [-0.39, 0.29) is 0 Å². The largest absolute Gasteiger partial charge is 0.378 e. The summed E-state index contributed by atoms with van der Waals surface area (Å²) in [5, 5.41) is 6.00. The summed E-state index contributed by atoms with van der Waals surface area (Å²) in [7, 11) is 0. The second-order valence-electron chi connectivity index (χ2n) is 6.25. The Hall–Kier alpha value is -2.38. The van der Waals surface area contributed by atoms with Gasteiger partial charge >= 0.3 is 6.03 Å². The van der Waals surface area contributed by atoms with Gasteiger partial charge in [0, 0.05) is 18.1 Å². The van der Waals surface area contributed by atoms with Crippen molar-refractivity contribution >= 4 is 29.0 Å². The topological polar surface area (TPSA) is 53.6 Å². The molecule has 144 valence electrons. The van der Waals surface area contributed by atoms with Crippen LogP contribution in [0.25, 0.3) is 0 Å². The third-order valence-electron chi connectivity index (χ3n) is 4.35. The Morgan fingerprint density at radius 3 is 2.59 bits per heavy atom. The van der Waals surface area contributed by atoms with Crippen molar-refractivity contribution in [3.05, 3.63) is 58.6 Å². The molecule has 0 saturated carbocycles. The first kappa shape index (κ1) is 19.4. The van der Waals surface area contributed by atoms with Gasteiger partial charge in [0.25, 0.3) is 0 Å². The molecule has 2 aromatic rings. The molecule has 0 radical (unpaired) electrons. The molecule has 0 spiro atoms. The van der Waals surface area contributed by atoms with E-state index in [4.69, 9.17) is 16.3 Å². The molecule has 1 aliphatic heterocycles. The number of carbonyl (C=O) groups excluding carboxylic acids is 1. The Labute approximate surface area is 161 Å². The van der Waals surface area contributed by atoms with E-state index in [0.29, 0.717) is 42.6 Å². The number of benzene rings is 2. The standard InChI is InChI=1S/C19H20ClF2N3O2/c1-12(13-2-4-15(21)16(22)10-13)23-19(26)24-17-11-14(20)3-5-18(17)25-6-8-27-9-7-25/h2-5,10-12H,6-9H2,1H3,(H2,23,24,26). The summed E-state index contributed by atoms with van der Waals surface area (Å²) < 4.78 is 31.8. The number of hydrogen-bond donors (Lipinski definition) is 2. The number of anilines is 2. The van der Waals surface area contributed by atoms with Crippen LogP contribution in [0.1, 0.15) is 18.5 Å². The number of hydrogen-bond acceptors (Lipinski definition) is 3. The van der Waals surface area contributed by atoms with Crippen LogP contribution in [0, 0.1) is 11.6 Å². The zero-order chi connectivity index (χ0) is 19.4. The first-order valence-corrected chi connectivity index (χ1v) is 8.96. The minimum atomic E-state index is -0.953. The van der Waals surface area contributed by atoms with E-state index in [0.717, 1.165) is 17.8 Å².